The molecule has 0 amide bonds. The van der Waals surface area contributed by atoms with E-state index in [1.165, 1.54) is 63.4 Å². The standard InChI is InChI=1S/C24H38/c1-4-5-6-7-8-9-10-12-18-24(21-22(2)3)20-15-19-23-16-13-11-14-17-23/h11,13-17,19,21-22H,4-10,12,18,20H2,1-3H3/b19-15+,24-21-. The molecule has 0 aromatic heterocycles. The SMILES string of the molecule is CCCCCCCCCC/C(=C/C(C)C)C/C=C/c1ccccc1. The second-order valence-corrected chi connectivity index (χ2v) is 7.31. The van der Waals surface area contributed by atoms with Crippen molar-refractivity contribution in [3.63, 3.8) is 0 Å². The largest absolute Gasteiger partial charge is 0.0825 e. The minimum Gasteiger partial charge on any atom is -0.0825 e. The van der Waals surface area contributed by atoms with Crippen molar-refractivity contribution in [3.8, 4) is 0 Å². The fourth-order valence-corrected chi connectivity index (χ4v) is 3.12. The Balaban J connectivity index is 2.26. The molecule has 24 heavy (non-hydrogen) atoms. The van der Waals surface area contributed by atoms with E-state index in [2.05, 4.69) is 69.3 Å². The monoisotopic (exact) mass is 326 g/mol. The van der Waals surface area contributed by atoms with Gasteiger partial charge in [0.05, 0.1) is 0 Å². The quantitative estimate of drug-likeness (QED) is 0.253. The summed E-state index contributed by atoms with van der Waals surface area (Å²) in [5.41, 5.74) is 2.91. The van der Waals surface area contributed by atoms with Gasteiger partial charge in [0.25, 0.3) is 0 Å². The zero-order valence-electron chi connectivity index (χ0n) is 16.3. The molecule has 0 fully saturated rings. The van der Waals surface area contributed by atoms with Gasteiger partial charge in [-0.15, -0.1) is 0 Å². The molecular formula is C24H38. The first-order chi connectivity index (χ1) is 11.7. The highest BCUT2D eigenvalue weighted by atomic mass is 14.1. The van der Waals surface area contributed by atoms with Gasteiger partial charge in [-0.25, -0.2) is 0 Å². The van der Waals surface area contributed by atoms with Crippen molar-refractivity contribution >= 4 is 6.08 Å². The summed E-state index contributed by atoms with van der Waals surface area (Å²) in [6.45, 7) is 6.86. The number of allylic oxidation sites excluding steroid dienone is 3. The number of hydrogen-bond donors (Lipinski definition) is 0. The third-order valence-electron chi connectivity index (χ3n) is 4.41. The van der Waals surface area contributed by atoms with Crippen LogP contribution in [0.5, 0.6) is 0 Å². The molecule has 0 radical (unpaired) electrons. The van der Waals surface area contributed by atoms with Crippen LogP contribution in [0.25, 0.3) is 6.08 Å². The van der Waals surface area contributed by atoms with Crippen LogP contribution >= 0.6 is 0 Å². The molecule has 0 unspecified atom stereocenters. The van der Waals surface area contributed by atoms with E-state index in [0.717, 1.165) is 6.42 Å². The molecule has 0 heterocycles. The van der Waals surface area contributed by atoms with Crippen molar-refractivity contribution in [2.45, 2.75) is 85.0 Å². The second kappa shape index (κ2) is 14.1. The maximum absolute atomic E-state index is 2.47. The van der Waals surface area contributed by atoms with Crippen molar-refractivity contribution in [2.24, 2.45) is 5.92 Å². The fourth-order valence-electron chi connectivity index (χ4n) is 3.12. The van der Waals surface area contributed by atoms with Crippen LogP contribution in [0.15, 0.2) is 48.1 Å². The van der Waals surface area contributed by atoms with Crippen LogP contribution < -0.4 is 0 Å². The topological polar surface area (TPSA) is 0 Å². The van der Waals surface area contributed by atoms with E-state index < -0.39 is 0 Å². The Labute approximate surface area is 151 Å². The molecule has 1 aromatic rings. The van der Waals surface area contributed by atoms with Crippen molar-refractivity contribution in [1.29, 1.82) is 0 Å². The lowest BCUT2D eigenvalue weighted by Gasteiger charge is -2.08. The highest BCUT2D eigenvalue weighted by molar-refractivity contribution is 5.49. The average Bonchev–Trinajstić information content (AvgIpc) is 2.57. The predicted molar refractivity (Wildman–Crippen MR) is 110 cm³/mol. The lowest BCUT2D eigenvalue weighted by molar-refractivity contribution is 0.573. The average molecular weight is 327 g/mol. The first-order valence-corrected chi connectivity index (χ1v) is 10.1. The van der Waals surface area contributed by atoms with Gasteiger partial charge in [0, 0.05) is 0 Å². The summed E-state index contributed by atoms with van der Waals surface area (Å²) in [6, 6.07) is 10.6. The molecule has 1 rings (SSSR count). The minimum absolute atomic E-state index is 0.652. The molecule has 0 bridgehead atoms. The van der Waals surface area contributed by atoms with Crippen LogP contribution in [0.2, 0.25) is 0 Å². The highest BCUT2D eigenvalue weighted by Crippen LogP contribution is 2.18. The van der Waals surface area contributed by atoms with Crippen molar-refractivity contribution in [2.75, 3.05) is 0 Å². The van der Waals surface area contributed by atoms with Crippen LogP contribution in [-0.4, -0.2) is 0 Å². The van der Waals surface area contributed by atoms with Crippen molar-refractivity contribution in [3.05, 3.63) is 53.6 Å². The van der Waals surface area contributed by atoms with E-state index >= 15 is 0 Å². The van der Waals surface area contributed by atoms with E-state index in [0.29, 0.717) is 5.92 Å². The molecule has 1 aromatic carbocycles. The molecule has 0 aliphatic carbocycles. The number of unbranched alkanes of at least 4 members (excludes halogenated alkanes) is 7. The highest BCUT2D eigenvalue weighted by Gasteiger charge is 1.99. The minimum atomic E-state index is 0.652. The van der Waals surface area contributed by atoms with Crippen LogP contribution in [0.3, 0.4) is 0 Å². The van der Waals surface area contributed by atoms with Gasteiger partial charge in [-0.05, 0) is 30.7 Å². The van der Waals surface area contributed by atoms with Gasteiger partial charge in [-0.1, -0.05) is 120 Å². The van der Waals surface area contributed by atoms with E-state index in [-0.39, 0.29) is 0 Å². The Morgan fingerprint density at radius 1 is 0.875 bits per heavy atom. The molecule has 0 atom stereocenters. The summed E-state index contributed by atoms with van der Waals surface area (Å²) in [6.07, 6.45) is 20.6. The van der Waals surface area contributed by atoms with Crippen molar-refractivity contribution in [1.82, 2.24) is 0 Å². The van der Waals surface area contributed by atoms with Gasteiger partial charge >= 0.3 is 0 Å². The third-order valence-corrected chi connectivity index (χ3v) is 4.41. The molecule has 0 spiro atoms. The molecule has 0 aliphatic heterocycles. The Kier molecular flexibility index (Phi) is 12.2. The zero-order chi connectivity index (χ0) is 17.5. The van der Waals surface area contributed by atoms with E-state index in [9.17, 15) is 0 Å². The molecule has 0 nitrogen and oxygen atoms in total. The van der Waals surface area contributed by atoms with Gasteiger partial charge < -0.3 is 0 Å². The molecule has 0 aliphatic rings. The lowest BCUT2D eigenvalue weighted by atomic mass is 9.99. The van der Waals surface area contributed by atoms with Crippen LogP contribution in [0, 0.1) is 5.92 Å². The maximum atomic E-state index is 2.47. The third kappa shape index (κ3) is 11.3. The molecular weight excluding hydrogens is 288 g/mol. The van der Waals surface area contributed by atoms with Gasteiger partial charge in [-0.2, -0.15) is 0 Å². The Bertz CT molecular complexity index is 450. The Hall–Kier alpha value is -1.30. The van der Waals surface area contributed by atoms with Crippen LogP contribution in [-0.2, 0) is 0 Å². The maximum Gasteiger partial charge on any atom is -0.0135 e. The Morgan fingerprint density at radius 2 is 1.50 bits per heavy atom. The van der Waals surface area contributed by atoms with E-state index in [4.69, 9.17) is 0 Å². The normalized spacial score (nSPS) is 12.4. The second-order valence-electron chi connectivity index (χ2n) is 7.31. The summed E-state index contributed by atoms with van der Waals surface area (Å²) < 4.78 is 0. The number of rotatable bonds is 13. The molecule has 0 heteroatoms. The summed E-state index contributed by atoms with van der Waals surface area (Å²) in [5, 5.41) is 0. The van der Waals surface area contributed by atoms with E-state index in [1.54, 1.807) is 5.57 Å². The Morgan fingerprint density at radius 3 is 2.12 bits per heavy atom. The first-order valence-electron chi connectivity index (χ1n) is 10.1. The van der Waals surface area contributed by atoms with Gasteiger partial charge in [0.1, 0.15) is 0 Å². The molecule has 0 saturated heterocycles. The summed E-state index contributed by atoms with van der Waals surface area (Å²) in [7, 11) is 0. The molecule has 0 saturated carbocycles. The number of benzene rings is 1. The zero-order valence-corrected chi connectivity index (χ0v) is 16.3. The van der Waals surface area contributed by atoms with Gasteiger partial charge in [-0.3, -0.25) is 0 Å². The molecule has 134 valence electrons. The first kappa shape index (κ1) is 20.7. The van der Waals surface area contributed by atoms with Gasteiger partial charge in [0.2, 0.25) is 0 Å². The summed E-state index contributed by atoms with van der Waals surface area (Å²) in [4.78, 5) is 0. The van der Waals surface area contributed by atoms with Crippen LogP contribution in [0.4, 0.5) is 0 Å². The smallest absolute Gasteiger partial charge is 0.0135 e. The fraction of sp³-hybridized carbons (Fsp3) is 0.583. The lowest BCUT2D eigenvalue weighted by Crippen LogP contribution is -1.89. The van der Waals surface area contributed by atoms with Gasteiger partial charge in [0.15, 0.2) is 0 Å². The van der Waals surface area contributed by atoms with Crippen LogP contribution in [0.1, 0.15) is 90.5 Å². The van der Waals surface area contributed by atoms with E-state index in [1.807, 2.05) is 0 Å². The molecule has 0 N–H and O–H groups in total. The summed E-state index contributed by atoms with van der Waals surface area (Å²) >= 11 is 0. The summed E-state index contributed by atoms with van der Waals surface area (Å²) in [5.74, 6) is 0.652. The van der Waals surface area contributed by atoms with Crippen molar-refractivity contribution < 1.29 is 0 Å². The number of hydrogen-bond acceptors (Lipinski definition) is 0. The predicted octanol–water partition coefficient (Wildman–Crippen LogP) is 8.20.